The van der Waals surface area contributed by atoms with Gasteiger partial charge in [-0.3, -0.25) is 4.79 Å². The lowest BCUT2D eigenvalue weighted by Gasteiger charge is -2.19. The summed E-state index contributed by atoms with van der Waals surface area (Å²) in [5.74, 6) is -0.288. The molecule has 4 nitrogen and oxygen atoms in total. The molecule has 0 amide bonds. The van der Waals surface area contributed by atoms with Crippen molar-refractivity contribution in [3.63, 3.8) is 0 Å². The molecule has 3 aliphatic rings. The number of hydrogen-bond acceptors (Lipinski definition) is 2. The van der Waals surface area contributed by atoms with Crippen LogP contribution >= 0.6 is 0 Å². The van der Waals surface area contributed by atoms with Gasteiger partial charge in [-0.2, -0.15) is 0 Å². The Bertz CT molecular complexity index is 1450. The van der Waals surface area contributed by atoms with Gasteiger partial charge >= 0.3 is 5.97 Å². The zero-order valence-electron chi connectivity index (χ0n) is 20.6. The number of carboxylic acid groups (broad SMARTS) is 1. The lowest BCUT2D eigenvalue weighted by Crippen LogP contribution is -2.34. The molecule has 0 bridgehead atoms. The molecule has 4 heteroatoms. The van der Waals surface area contributed by atoms with Gasteiger partial charge in [0, 0.05) is 47.4 Å². The van der Waals surface area contributed by atoms with Crippen molar-refractivity contribution in [1.29, 1.82) is 0 Å². The Morgan fingerprint density at radius 1 is 0.944 bits per heavy atom. The van der Waals surface area contributed by atoms with Gasteiger partial charge in [-0.25, -0.2) is 0 Å². The number of hydrogen-bond donors (Lipinski definition) is 1. The molecule has 36 heavy (non-hydrogen) atoms. The molecule has 1 aromatic heterocycles. The predicted molar refractivity (Wildman–Crippen MR) is 147 cm³/mol. The summed E-state index contributed by atoms with van der Waals surface area (Å²) >= 11 is 0. The minimum atomic E-state index is -0.732. The summed E-state index contributed by atoms with van der Waals surface area (Å²) in [6, 6.07) is 20.1. The van der Waals surface area contributed by atoms with Gasteiger partial charge in [-0.15, -0.1) is 0 Å². The summed E-state index contributed by atoms with van der Waals surface area (Å²) in [5, 5.41) is 11.5. The van der Waals surface area contributed by atoms with Gasteiger partial charge in [-0.1, -0.05) is 54.6 Å². The number of fused-ring (bicyclic) bond motifs is 2. The number of rotatable bonds is 7. The number of nitrogens with zero attached hydrogens (tertiary/aromatic N) is 2. The van der Waals surface area contributed by atoms with Crippen molar-refractivity contribution in [3.05, 3.63) is 95.0 Å². The van der Waals surface area contributed by atoms with E-state index in [0.29, 0.717) is 12.3 Å². The van der Waals surface area contributed by atoms with Gasteiger partial charge in [0.2, 0.25) is 0 Å². The topological polar surface area (TPSA) is 45.5 Å². The molecule has 0 radical (unpaired) electrons. The molecular weight excluding hydrogens is 444 g/mol. The van der Waals surface area contributed by atoms with Crippen molar-refractivity contribution >= 4 is 23.3 Å². The molecule has 2 aliphatic carbocycles. The molecule has 1 aliphatic heterocycles. The highest BCUT2D eigenvalue weighted by Crippen LogP contribution is 2.29. The maximum absolute atomic E-state index is 10.9. The highest BCUT2D eigenvalue weighted by atomic mass is 16.4. The zero-order valence-corrected chi connectivity index (χ0v) is 20.6. The number of aryl methyl sites for hydroxylation is 1. The minimum Gasteiger partial charge on any atom is -0.481 e. The molecule has 1 saturated heterocycles. The highest BCUT2D eigenvalue weighted by molar-refractivity contribution is 5.73. The molecule has 1 N–H and O–H groups in total. The second kappa shape index (κ2) is 9.69. The standard InChI is InChI=1S/C32H32N2O2/c35-32(36)9-5-6-23-10-15-27(16-11-23)34-30-19-14-24-7-1-2-8-28(24)29(30)22-31(34)25-12-17-26(18-13-25)33-20-3-4-21-33/h1-2,7-8,10-13,15-19,22,24H,3-6,9,14,20-21H2,(H,35,36). The Balaban J connectivity index is 1.43. The van der Waals surface area contributed by atoms with E-state index in [4.69, 9.17) is 5.11 Å². The fourth-order valence-corrected chi connectivity index (χ4v) is 5.84. The summed E-state index contributed by atoms with van der Waals surface area (Å²) in [7, 11) is 0. The van der Waals surface area contributed by atoms with E-state index in [1.165, 1.54) is 51.5 Å². The fraction of sp³-hybridized carbons (Fsp3) is 0.281. The minimum absolute atomic E-state index is 0.209. The van der Waals surface area contributed by atoms with E-state index < -0.39 is 5.97 Å². The van der Waals surface area contributed by atoms with Gasteiger partial charge in [0.25, 0.3) is 0 Å². The van der Waals surface area contributed by atoms with Gasteiger partial charge < -0.3 is 14.6 Å². The Morgan fingerprint density at radius 2 is 1.69 bits per heavy atom. The molecule has 3 aromatic rings. The average molecular weight is 477 g/mol. The zero-order chi connectivity index (χ0) is 24.5. The van der Waals surface area contributed by atoms with E-state index in [1.54, 1.807) is 0 Å². The first-order valence-corrected chi connectivity index (χ1v) is 13.1. The summed E-state index contributed by atoms with van der Waals surface area (Å²) in [5.41, 5.74) is 7.46. The van der Waals surface area contributed by atoms with Crippen molar-refractivity contribution < 1.29 is 9.90 Å². The van der Waals surface area contributed by atoms with Crippen molar-refractivity contribution in [3.8, 4) is 16.9 Å². The van der Waals surface area contributed by atoms with E-state index in [-0.39, 0.29) is 6.42 Å². The third kappa shape index (κ3) is 4.32. The van der Waals surface area contributed by atoms with E-state index in [9.17, 15) is 4.79 Å². The van der Waals surface area contributed by atoms with Crippen LogP contribution in [0.15, 0.2) is 78.9 Å². The monoisotopic (exact) mass is 476 g/mol. The largest absolute Gasteiger partial charge is 0.481 e. The number of carbonyl (C=O) groups is 1. The van der Waals surface area contributed by atoms with Crippen molar-refractivity contribution in [1.82, 2.24) is 4.57 Å². The van der Waals surface area contributed by atoms with Crippen LogP contribution in [0.25, 0.3) is 28.6 Å². The lowest BCUT2D eigenvalue weighted by atomic mass is 9.87. The first-order chi connectivity index (χ1) is 17.7. The van der Waals surface area contributed by atoms with E-state index in [1.807, 2.05) is 0 Å². The fourth-order valence-electron chi connectivity index (χ4n) is 5.84. The van der Waals surface area contributed by atoms with Crippen LogP contribution in [0.4, 0.5) is 5.69 Å². The Morgan fingerprint density at radius 3 is 2.44 bits per heavy atom. The summed E-state index contributed by atoms with van der Waals surface area (Å²) in [6.07, 6.45) is 16.5. The molecule has 2 heterocycles. The second-order valence-electron chi connectivity index (χ2n) is 10.1. The molecule has 2 aromatic carbocycles. The van der Waals surface area contributed by atoms with Crippen LogP contribution in [0.3, 0.4) is 0 Å². The number of benzene rings is 2. The quantitative estimate of drug-likeness (QED) is 0.508. The number of carboxylic acids is 1. The molecule has 0 saturated carbocycles. The summed E-state index contributed by atoms with van der Waals surface area (Å²) in [6.45, 7) is 2.30. The maximum atomic E-state index is 10.9. The van der Waals surface area contributed by atoms with E-state index in [2.05, 4.69) is 94.4 Å². The SMILES string of the molecule is O=C(O)CCCc1ccc(-n2c(-c3ccc(N4CCCC4)cc3)cc3c2=CCC2C=CC=CC=32)cc1. The van der Waals surface area contributed by atoms with Crippen LogP contribution in [-0.4, -0.2) is 28.7 Å². The molecule has 1 atom stereocenters. The smallest absolute Gasteiger partial charge is 0.303 e. The van der Waals surface area contributed by atoms with Gasteiger partial charge in [0.05, 0.1) is 5.69 Å². The number of aliphatic carboxylic acids is 1. The molecule has 182 valence electrons. The first-order valence-electron chi connectivity index (χ1n) is 13.1. The normalized spacial score (nSPS) is 18.2. The van der Waals surface area contributed by atoms with Gasteiger partial charge in [0.1, 0.15) is 0 Å². The number of aromatic nitrogens is 1. The Hall–Kier alpha value is -3.79. The lowest BCUT2D eigenvalue weighted by molar-refractivity contribution is -0.137. The van der Waals surface area contributed by atoms with Crippen LogP contribution in [0, 0.1) is 5.92 Å². The first kappa shape index (κ1) is 22.7. The van der Waals surface area contributed by atoms with E-state index in [0.717, 1.165) is 31.6 Å². The van der Waals surface area contributed by atoms with Gasteiger partial charge in [-0.05, 0) is 79.1 Å². The number of anilines is 1. The third-order valence-electron chi connectivity index (χ3n) is 7.73. The molecule has 1 unspecified atom stereocenters. The Kier molecular flexibility index (Phi) is 6.10. The maximum Gasteiger partial charge on any atom is 0.303 e. The highest BCUT2D eigenvalue weighted by Gasteiger charge is 2.20. The van der Waals surface area contributed by atoms with Crippen LogP contribution in [0.2, 0.25) is 0 Å². The predicted octanol–water partition coefficient (Wildman–Crippen LogP) is 5.23. The van der Waals surface area contributed by atoms with Crippen LogP contribution < -0.4 is 15.5 Å². The van der Waals surface area contributed by atoms with Gasteiger partial charge in [0.15, 0.2) is 0 Å². The van der Waals surface area contributed by atoms with Crippen LogP contribution in [-0.2, 0) is 11.2 Å². The van der Waals surface area contributed by atoms with Crippen molar-refractivity contribution in [2.24, 2.45) is 5.92 Å². The second-order valence-corrected chi connectivity index (χ2v) is 10.1. The Labute approximate surface area is 212 Å². The summed E-state index contributed by atoms with van der Waals surface area (Å²) < 4.78 is 2.40. The van der Waals surface area contributed by atoms with Crippen LogP contribution in [0.5, 0.6) is 0 Å². The van der Waals surface area contributed by atoms with Crippen LogP contribution in [0.1, 0.15) is 37.7 Å². The molecular formula is C32H32N2O2. The third-order valence-corrected chi connectivity index (χ3v) is 7.73. The van der Waals surface area contributed by atoms with Crippen molar-refractivity contribution in [2.75, 3.05) is 18.0 Å². The van der Waals surface area contributed by atoms with Crippen molar-refractivity contribution in [2.45, 2.75) is 38.5 Å². The molecule has 0 spiro atoms. The summed E-state index contributed by atoms with van der Waals surface area (Å²) in [4.78, 5) is 13.4. The number of allylic oxidation sites excluding steroid dienone is 4. The average Bonchev–Trinajstić information content (AvgIpc) is 3.58. The molecule has 6 rings (SSSR count). The molecule has 1 fully saturated rings. The van der Waals surface area contributed by atoms with E-state index >= 15 is 0 Å².